The zero-order valence-corrected chi connectivity index (χ0v) is 15.1. The van der Waals surface area contributed by atoms with Gasteiger partial charge in [0.2, 0.25) is 5.88 Å². The summed E-state index contributed by atoms with van der Waals surface area (Å²) < 4.78 is 10.5. The maximum atomic E-state index is 11.7. The predicted octanol–water partition coefficient (Wildman–Crippen LogP) is 2.60. The van der Waals surface area contributed by atoms with Crippen molar-refractivity contribution in [2.24, 2.45) is 5.92 Å². The molecule has 3 rings (SSSR count). The second-order valence-corrected chi connectivity index (χ2v) is 7.21. The smallest absolute Gasteiger partial charge is 0.407 e. The van der Waals surface area contributed by atoms with Gasteiger partial charge >= 0.3 is 6.09 Å². The van der Waals surface area contributed by atoms with E-state index in [0.29, 0.717) is 18.3 Å². The number of aromatic nitrogens is 2. The van der Waals surface area contributed by atoms with Crippen molar-refractivity contribution in [1.29, 1.82) is 0 Å². The topological polar surface area (TPSA) is 76.6 Å². The van der Waals surface area contributed by atoms with Crippen LogP contribution in [0.4, 0.5) is 10.5 Å². The monoisotopic (exact) mass is 344 g/mol. The van der Waals surface area contributed by atoms with E-state index in [1.165, 1.54) is 0 Å². The maximum Gasteiger partial charge on any atom is 0.407 e. The normalized spacial score (nSPS) is 15.0. The SMILES string of the molecule is COc1ccc2nccc(N3CC(CNC(=O)OC(C)(C)C)C3)c2n1. The van der Waals surface area contributed by atoms with Gasteiger partial charge in [-0.2, -0.15) is 0 Å². The highest BCUT2D eigenvalue weighted by Crippen LogP contribution is 2.30. The van der Waals surface area contributed by atoms with Gasteiger partial charge in [-0.25, -0.2) is 9.78 Å². The molecular formula is C18H24N4O3. The number of carbonyl (C=O) groups is 1. The third kappa shape index (κ3) is 4.10. The van der Waals surface area contributed by atoms with Crippen LogP contribution < -0.4 is 15.0 Å². The average molecular weight is 344 g/mol. The number of nitrogens with one attached hydrogen (secondary N) is 1. The van der Waals surface area contributed by atoms with Crippen molar-refractivity contribution in [3.05, 3.63) is 24.4 Å². The van der Waals surface area contributed by atoms with Crippen LogP contribution in [0, 0.1) is 5.92 Å². The van der Waals surface area contributed by atoms with E-state index < -0.39 is 5.60 Å². The Hall–Kier alpha value is -2.57. The van der Waals surface area contributed by atoms with Crippen LogP contribution in [-0.4, -0.2) is 48.4 Å². The second-order valence-electron chi connectivity index (χ2n) is 7.21. The van der Waals surface area contributed by atoms with Gasteiger partial charge in [-0.15, -0.1) is 0 Å². The molecule has 3 heterocycles. The van der Waals surface area contributed by atoms with Gasteiger partial charge in [-0.3, -0.25) is 4.98 Å². The number of methoxy groups -OCH3 is 1. The molecule has 0 atom stereocenters. The number of alkyl carbamates (subject to hydrolysis) is 1. The summed E-state index contributed by atoms with van der Waals surface area (Å²) in [6.07, 6.45) is 1.42. The van der Waals surface area contributed by atoms with E-state index in [9.17, 15) is 4.79 Å². The third-order valence-electron chi connectivity index (χ3n) is 3.98. The molecule has 7 nitrogen and oxygen atoms in total. The van der Waals surface area contributed by atoms with Gasteiger partial charge < -0.3 is 19.7 Å². The van der Waals surface area contributed by atoms with Crippen molar-refractivity contribution < 1.29 is 14.3 Å². The van der Waals surface area contributed by atoms with Gasteiger partial charge in [-0.1, -0.05) is 0 Å². The van der Waals surface area contributed by atoms with Crippen molar-refractivity contribution in [3.63, 3.8) is 0 Å². The second kappa shape index (κ2) is 6.74. The minimum absolute atomic E-state index is 0.369. The number of amides is 1. The quantitative estimate of drug-likeness (QED) is 0.919. The zero-order valence-electron chi connectivity index (χ0n) is 15.1. The first-order valence-corrected chi connectivity index (χ1v) is 8.37. The Morgan fingerprint density at radius 1 is 1.32 bits per heavy atom. The molecule has 7 heteroatoms. The Balaban J connectivity index is 1.59. The molecule has 1 aliphatic rings. The highest BCUT2D eigenvalue weighted by atomic mass is 16.6. The van der Waals surface area contributed by atoms with E-state index in [4.69, 9.17) is 9.47 Å². The van der Waals surface area contributed by atoms with Crippen LogP contribution in [0.2, 0.25) is 0 Å². The third-order valence-corrected chi connectivity index (χ3v) is 3.98. The summed E-state index contributed by atoms with van der Waals surface area (Å²) in [6, 6.07) is 5.68. The standard InChI is InChI=1S/C18H24N4O3/c1-18(2,3)25-17(23)20-9-12-10-22(11-12)14-7-8-19-13-5-6-15(24-4)21-16(13)14/h5-8,12H,9-11H2,1-4H3,(H,20,23). The van der Waals surface area contributed by atoms with E-state index in [0.717, 1.165) is 29.8 Å². The van der Waals surface area contributed by atoms with Crippen molar-refractivity contribution in [1.82, 2.24) is 15.3 Å². The Kier molecular flexibility index (Phi) is 4.65. The molecule has 0 aromatic carbocycles. The van der Waals surface area contributed by atoms with Crippen LogP contribution >= 0.6 is 0 Å². The molecule has 2 aromatic heterocycles. The van der Waals surface area contributed by atoms with Gasteiger partial charge in [-0.05, 0) is 32.9 Å². The van der Waals surface area contributed by atoms with Gasteiger partial charge in [0, 0.05) is 37.8 Å². The largest absolute Gasteiger partial charge is 0.481 e. The number of fused-ring (bicyclic) bond motifs is 1. The summed E-state index contributed by atoms with van der Waals surface area (Å²) in [5, 5.41) is 2.83. The Morgan fingerprint density at radius 2 is 2.08 bits per heavy atom. The summed E-state index contributed by atoms with van der Waals surface area (Å²) in [7, 11) is 1.60. The molecule has 134 valence electrons. The fourth-order valence-electron chi connectivity index (χ4n) is 2.80. The first-order chi connectivity index (χ1) is 11.9. The molecule has 0 spiro atoms. The minimum atomic E-state index is -0.476. The molecular weight excluding hydrogens is 320 g/mol. The summed E-state index contributed by atoms with van der Waals surface area (Å²) in [4.78, 5) is 22.8. The number of rotatable bonds is 4. The lowest BCUT2D eigenvalue weighted by molar-refractivity contribution is 0.0516. The summed E-state index contributed by atoms with van der Waals surface area (Å²) in [5.41, 5.74) is 2.24. The summed E-state index contributed by atoms with van der Waals surface area (Å²) in [6.45, 7) is 7.88. The molecule has 0 bridgehead atoms. The molecule has 0 aliphatic carbocycles. The number of pyridine rings is 2. The highest BCUT2D eigenvalue weighted by Gasteiger charge is 2.29. The summed E-state index contributed by atoms with van der Waals surface area (Å²) in [5.74, 6) is 0.965. The van der Waals surface area contributed by atoms with Gasteiger partial charge in [0.25, 0.3) is 0 Å². The van der Waals surface area contributed by atoms with Crippen LogP contribution in [0.3, 0.4) is 0 Å². The number of carbonyl (C=O) groups excluding carboxylic acids is 1. The van der Waals surface area contributed by atoms with Crippen molar-refractivity contribution in [2.45, 2.75) is 26.4 Å². The van der Waals surface area contributed by atoms with E-state index in [1.54, 1.807) is 13.3 Å². The number of nitrogens with zero attached hydrogens (tertiary/aromatic N) is 3. The van der Waals surface area contributed by atoms with Crippen molar-refractivity contribution in [2.75, 3.05) is 31.6 Å². The molecule has 0 radical (unpaired) electrons. The van der Waals surface area contributed by atoms with Gasteiger partial charge in [0.15, 0.2) is 0 Å². The lowest BCUT2D eigenvalue weighted by atomic mass is 9.99. The van der Waals surface area contributed by atoms with Crippen LogP contribution in [-0.2, 0) is 4.74 Å². The molecule has 1 aliphatic heterocycles. The molecule has 0 saturated carbocycles. The Morgan fingerprint density at radius 3 is 2.76 bits per heavy atom. The molecule has 2 aromatic rings. The van der Waals surface area contributed by atoms with E-state index in [2.05, 4.69) is 20.2 Å². The van der Waals surface area contributed by atoms with E-state index in [1.807, 2.05) is 39.0 Å². The Labute approximate surface area is 147 Å². The maximum absolute atomic E-state index is 11.7. The van der Waals surface area contributed by atoms with E-state index in [-0.39, 0.29) is 6.09 Å². The number of hydrogen-bond acceptors (Lipinski definition) is 6. The number of ether oxygens (including phenoxy) is 2. The summed E-state index contributed by atoms with van der Waals surface area (Å²) >= 11 is 0. The van der Waals surface area contributed by atoms with Crippen molar-refractivity contribution in [3.8, 4) is 5.88 Å². The predicted molar refractivity (Wildman–Crippen MR) is 96.0 cm³/mol. The van der Waals surface area contributed by atoms with Gasteiger partial charge in [0.1, 0.15) is 11.1 Å². The number of anilines is 1. The molecule has 1 fully saturated rings. The average Bonchev–Trinajstić information content (AvgIpc) is 2.51. The minimum Gasteiger partial charge on any atom is -0.481 e. The fourth-order valence-corrected chi connectivity index (χ4v) is 2.80. The van der Waals surface area contributed by atoms with Gasteiger partial charge in [0.05, 0.1) is 18.3 Å². The first-order valence-electron chi connectivity index (χ1n) is 8.37. The van der Waals surface area contributed by atoms with Crippen LogP contribution in [0.5, 0.6) is 5.88 Å². The van der Waals surface area contributed by atoms with Crippen molar-refractivity contribution >= 4 is 22.8 Å². The van der Waals surface area contributed by atoms with Crippen LogP contribution in [0.15, 0.2) is 24.4 Å². The highest BCUT2D eigenvalue weighted by molar-refractivity contribution is 5.88. The van der Waals surface area contributed by atoms with Crippen LogP contribution in [0.1, 0.15) is 20.8 Å². The molecule has 25 heavy (non-hydrogen) atoms. The molecule has 1 N–H and O–H groups in total. The lowest BCUT2D eigenvalue weighted by Gasteiger charge is -2.41. The molecule has 1 saturated heterocycles. The fraction of sp³-hybridized carbons (Fsp3) is 0.500. The molecule has 0 unspecified atom stereocenters. The molecule has 1 amide bonds. The Bertz CT molecular complexity index is 766. The lowest BCUT2D eigenvalue weighted by Crippen LogP contribution is -2.52. The van der Waals surface area contributed by atoms with Crippen LogP contribution in [0.25, 0.3) is 11.0 Å². The first kappa shape index (κ1) is 17.3. The zero-order chi connectivity index (χ0) is 18.0. The number of hydrogen-bond donors (Lipinski definition) is 1. The van der Waals surface area contributed by atoms with E-state index >= 15 is 0 Å².